The summed E-state index contributed by atoms with van der Waals surface area (Å²) in [6.07, 6.45) is 10.5. The van der Waals surface area contributed by atoms with E-state index < -0.39 is 0 Å². The molecule has 0 radical (unpaired) electrons. The van der Waals surface area contributed by atoms with Crippen LogP contribution in [0.25, 0.3) is 0 Å². The van der Waals surface area contributed by atoms with Gasteiger partial charge >= 0.3 is 0 Å². The van der Waals surface area contributed by atoms with E-state index in [4.69, 9.17) is 4.98 Å². The number of nitrogens with one attached hydrogen (secondary N) is 1. The molecule has 0 aliphatic heterocycles. The fourth-order valence-corrected chi connectivity index (χ4v) is 3.64. The number of nitrogens with zero attached hydrogens (tertiary/aromatic N) is 1. The second-order valence-electron chi connectivity index (χ2n) is 6.54. The molecule has 1 fully saturated rings. The zero-order chi connectivity index (χ0) is 11.9. The molecule has 3 rings (SSSR count). The lowest BCUT2D eigenvalue weighted by molar-refractivity contribution is 0.193. The van der Waals surface area contributed by atoms with Crippen LogP contribution in [0, 0.1) is 5.41 Å². The van der Waals surface area contributed by atoms with Gasteiger partial charge in [-0.2, -0.15) is 0 Å². The number of aromatic amines is 1. The van der Waals surface area contributed by atoms with Crippen LogP contribution in [0.4, 0.5) is 0 Å². The van der Waals surface area contributed by atoms with Gasteiger partial charge in [0.2, 0.25) is 0 Å². The van der Waals surface area contributed by atoms with E-state index in [0.29, 0.717) is 11.3 Å². The lowest BCUT2D eigenvalue weighted by Gasteiger charge is -2.37. The first-order valence-corrected chi connectivity index (χ1v) is 7.24. The van der Waals surface area contributed by atoms with E-state index in [2.05, 4.69) is 18.8 Å². The van der Waals surface area contributed by atoms with Gasteiger partial charge in [-0.1, -0.05) is 26.7 Å². The molecular formula is C15H24N2. The Bertz CT molecular complexity index is 380. The van der Waals surface area contributed by atoms with Gasteiger partial charge in [0, 0.05) is 11.6 Å². The zero-order valence-corrected chi connectivity index (χ0v) is 11.2. The van der Waals surface area contributed by atoms with E-state index in [9.17, 15) is 0 Å². The third-order valence-corrected chi connectivity index (χ3v) is 4.81. The van der Waals surface area contributed by atoms with Crippen molar-refractivity contribution in [2.24, 2.45) is 5.41 Å². The first kappa shape index (κ1) is 11.3. The van der Waals surface area contributed by atoms with Crippen molar-refractivity contribution in [1.82, 2.24) is 9.97 Å². The number of imidazole rings is 1. The molecular weight excluding hydrogens is 208 g/mol. The molecule has 0 aromatic carbocycles. The highest BCUT2D eigenvalue weighted by Crippen LogP contribution is 2.46. The average molecular weight is 232 g/mol. The van der Waals surface area contributed by atoms with Crippen LogP contribution < -0.4 is 0 Å². The van der Waals surface area contributed by atoms with Gasteiger partial charge in [-0.05, 0) is 43.9 Å². The quantitative estimate of drug-likeness (QED) is 0.779. The standard InChI is InChI=1S/C15H24N2/c1-15(2)10-6-5-7-11(15)14-16-12-8-3-4-9-13(12)17-14/h11H,3-10H2,1-2H3,(H,16,17). The predicted molar refractivity (Wildman–Crippen MR) is 70.2 cm³/mol. The van der Waals surface area contributed by atoms with E-state index in [1.807, 2.05) is 0 Å². The summed E-state index contributed by atoms with van der Waals surface area (Å²) in [6.45, 7) is 4.83. The Labute approximate surface area is 104 Å². The summed E-state index contributed by atoms with van der Waals surface area (Å²) in [5.74, 6) is 1.95. The van der Waals surface area contributed by atoms with Gasteiger partial charge in [-0.15, -0.1) is 0 Å². The fraction of sp³-hybridized carbons (Fsp3) is 0.800. The summed E-state index contributed by atoms with van der Waals surface area (Å²) in [5, 5.41) is 0. The van der Waals surface area contributed by atoms with Gasteiger partial charge in [0.1, 0.15) is 5.82 Å². The van der Waals surface area contributed by atoms with Crippen molar-refractivity contribution in [3.05, 3.63) is 17.2 Å². The van der Waals surface area contributed by atoms with Gasteiger partial charge in [-0.25, -0.2) is 4.98 Å². The summed E-state index contributed by atoms with van der Waals surface area (Å²) < 4.78 is 0. The number of hydrogen-bond acceptors (Lipinski definition) is 1. The molecule has 0 saturated heterocycles. The molecule has 2 nitrogen and oxygen atoms in total. The van der Waals surface area contributed by atoms with Crippen molar-refractivity contribution < 1.29 is 0 Å². The van der Waals surface area contributed by atoms with Crippen molar-refractivity contribution in [1.29, 1.82) is 0 Å². The normalized spacial score (nSPS) is 27.8. The van der Waals surface area contributed by atoms with Gasteiger partial charge in [0.05, 0.1) is 5.69 Å². The van der Waals surface area contributed by atoms with Gasteiger partial charge < -0.3 is 4.98 Å². The van der Waals surface area contributed by atoms with Crippen LogP contribution in [0.5, 0.6) is 0 Å². The monoisotopic (exact) mass is 232 g/mol. The Morgan fingerprint density at radius 3 is 2.71 bits per heavy atom. The Balaban J connectivity index is 1.90. The maximum Gasteiger partial charge on any atom is 0.110 e. The molecule has 2 heteroatoms. The Hall–Kier alpha value is -0.790. The zero-order valence-electron chi connectivity index (χ0n) is 11.2. The lowest BCUT2D eigenvalue weighted by atomic mass is 9.68. The Morgan fingerprint density at radius 2 is 1.94 bits per heavy atom. The SMILES string of the molecule is CC1(C)CCCCC1c1nc2c([nH]1)CCCC2. The maximum absolute atomic E-state index is 4.91. The summed E-state index contributed by atoms with van der Waals surface area (Å²) in [6, 6.07) is 0. The molecule has 1 unspecified atom stereocenters. The number of rotatable bonds is 1. The number of H-pyrrole nitrogens is 1. The molecule has 0 amide bonds. The second-order valence-corrected chi connectivity index (χ2v) is 6.54. The molecule has 2 aliphatic carbocycles. The van der Waals surface area contributed by atoms with Crippen LogP contribution >= 0.6 is 0 Å². The van der Waals surface area contributed by atoms with Crippen LogP contribution in [-0.2, 0) is 12.8 Å². The molecule has 0 spiro atoms. The Morgan fingerprint density at radius 1 is 1.12 bits per heavy atom. The summed E-state index contributed by atoms with van der Waals surface area (Å²) in [5.41, 5.74) is 3.24. The molecule has 1 N–H and O–H groups in total. The minimum Gasteiger partial charge on any atom is -0.345 e. The van der Waals surface area contributed by atoms with Crippen molar-refractivity contribution in [2.45, 2.75) is 71.1 Å². The summed E-state index contributed by atoms with van der Waals surface area (Å²) >= 11 is 0. The van der Waals surface area contributed by atoms with Gasteiger partial charge in [0.15, 0.2) is 0 Å². The van der Waals surface area contributed by atoms with Crippen molar-refractivity contribution in [3.8, 4) is 0 Å². The molecule has 1 atom stereocenters. The highest BCUT2D eigenvalue weighted by atomic mass is 15.0. The highest BCUT2D eigenvalue weighted by Gasteiger charge is 2.35. The topological polar surface area (TPSA) is 28.7 Å². The van der Waals surface area contributed by atoms with Crippen molar-refractivity contribution >= 4 is 0 Å². The second kappa shape index (κ2) is 4.15. The van der Waals surface area contributed by atoms with Crippen LogP contribution in [-0.4, -0.2) is 9.97 Å². The van der Waals surface area contributed by atoms with Crippen molar-refractivity contribution in [2.75, 3.05) is 0 Å². The number of hydrogen-bond donors (Lipinski definition) is 1. The van der Waals surface area contributed by atoms with E-state index in [1.54, 1.807) is 0 Å². The van der Waals surface area contributed by atoms with Crippen LogP contribution in [0.15, 0.2) is 0 Å². The average Bonchev–Trinajstić information content (AvgIpc) is 2.71. The number of aryl methyl sites for hydroxylation is 2. The fourth-order valence-electron chi connectivity index (χ4n) is 3.64. The summed E-state index contributed by atoms with van der Waals surface area (Å²) in [4.78, 5) is 8.56. The van der Waals surface area contributed by atoms with Crippen LogP contribution in [0.2, 0.25) is 0 Å². The highest BCUT2D eigenvalue weighted by molar-refractivity contribution is 5.20. The number of aromatic nitrogens is 2. The van der Waals surface area contributed by atoms with E-state index >= 15 is 0 Å². The molecule has 2 aliphatic rings. The first-order valence-electron chi connectivity index (χ1n) is 7.24. The molecule has 0 bridgehead atoms. The molecule has 1 aromatic rings. The smallest absolute Gasteiger partial charge is 0.110 e. The molecule has 1 heterocycles. The van der Waals surface area contributed by atoms with Crippen LogP contribution in [0.3, 0.4) is 0 Å². The third-order valence-electron chi connectivity index (χ3n) is 4.81. The number of fused-ring (bicyclic) bond motifs is 1. The first-order chi connectivity index (χ1) is 8.17. The van der Waals surface area contributed by atoms with E-state index in [1.165, 1.54) is 68.6 Å². The van der Waals surface area contributed by atoms with Gasteiger partial charge in [0.25, 0.3) is 0 Å². The van der Waals surface area contributed by atoms with Crippen LogP contribution in [0.1, 0.15) is 75.5 Å². The lowest BCUT2D eigenvalue weighted by Crippen LogP contribution is -2.26. The Kier molecular flexibility index (Phi) is 2.76. The summed E-state index contributed by atoms with van der Waals surface area (Å²) in [7, 11) is 0. The predicted octanol–water partition coefficient (Wildman–Crippen LogP) is 3.97. The third kappa shape index (κ3) is 2.02. The van der Waals surface area contributed by atoms with Gasteiger partial charge in [-0.3, -0.25) is 0 Å². The molecule has 17 heavy (non-hydrogen) atoms. The minimum atomic E-state index is 0.429. The van der Waals surface area contributed by atoms with E-state index in [0.717, 1.165) is 0 Å². The maximum atomic E-state index is 4.91. The van der Waals surface area contributed by atoms with Crippen molar-refractivity contribution in [3.63, 3.8) is 0 Å². The minimum absolute atomic E-state index is 0.429. The molecule has 1 saturated carbocycles. The molecule has 1 aromatic heterocycles. The van der Waals surface area contributed by atoms with E-state index in [-0.39, 0.29) is 0 Å². The molecule has 94 valence electrons. The largest absolute Gasteiger partial charge is 0.345 e.